The van der Waals surface area contributed by atoms with E-state index in [9.17, 15) is 0 Å². The number of para-hydroxylation sites is 1. The van der Waals surface area contributed by atoms with E-state index in [2.05, 4.69) is 132 Å². The predicted octanol–water partition coefficient (Wildman–Crippen LogP) is 7.50. The lowest BCUT2D eigenvalue weighted by Gasteiger charge is -2.37. The summed E-state index contributed by atoms with van der Waals surface area (Å²) in [5, 5.41) is 6.36. The molecule has 0 atom stereocenters. The third-order valence-corrected chi connectivity index (χ3v) is 6.84. The molecule has 0 fully saturated rings. The normalized spacial score (nSPS) is 11.8. The molecule has 6 aromatic rings. The van der Waals surface area contributed by atoms with Crippen LogP contribution in [-0.2, 0) is 12.1 Å². The number of hydrogen-bond acceptors (Lipinski definition) is 2. The van der Waals surface area contributed by atoms with Crippen LogP contribution in [0.2, 0.25) is 0 Å². The van der Waals surface area contributed by atoms with Gasteiger partial charge in [0.2, 0.25) is 0 Å². The molecular formula is C34H27N3. The van der Waals surface area contributed by atoms with Gasteiger partial charge in [-0.2, -0.15) is 5.10 Å². The van der Waals surface area contributed by atoms with Crippen LogP contribution in [0.5, 0.6) is 0 Å². The Kier molecular flexibility index (Phi) is 6.18. The molecule has 0 bridgehead atoms. The Bertz CT molecular complexity index is 1520. The quantitative estimate of drug-likeness (QED) is 0.173. The smallest absolute Gasteiger partial charge is 0.138 e. The van der Waals surface area contributed by atoms with Crippen LogP contribution >= 0.6 is 0 Å². The van der Waals surface area contributed by atoms with Crippen molar-refractivity contribution in [3.8, 4) is 0 Å². The fraction of sp³-hybridized carbons (Fsp3) is 0.0588. The number of nitrogens with zero attached hydrogens (tertiary/aromatic N) is 3. The zero-order valence-corrected chi connectivity index (χ0v) is 20.5. The summed E-state index contributed by atoms with van der Waals surface area (Å²) in [6.07, 6.45) is 1.91. The molecule has 37 heavy (non-hydrogen) atoms. The van der Waals surface area contributed by atoms with Crippen molar-refractivity contribution in [1.29, 1.82) is 0 Å². The first-order valence-electron chi connectivity index (χ1n) is 12.6. The highest BCUT2D eigenvalue weighted by molar-refractivity contribution is 5.97. The molecule has 0 aliphatic heterocycles. The van der Waals surface area contributed by atoms with Crippen molar-refractivity contribution >= 4 is 17.1 Å². The molecule has 178 valence electrons. The van der Waals surface area contributed by atoms with Crippen molar-refractivity contribution in [2.24, 2.45) is 4.99 Å². The van der Waals surface area contributed by atoms with E-state index in [1.165, 1.54) is 5.56 Å². The van der Waals surface area contributed by atoms with Crippen LogP contribution in [0.15, 0.2) is 151 Å². The minimum absolute atomic E-state index is 0.614. The summed E-state index contributed by atoms with van der Waals surface area (Å²) in [6, 6.07) is 50.7. The van der Waals surface area contributed by atoms with Crippen LogP contribution in [-0.4, -0.2) is 16.0 Å². The molecule has 5 aromatic carbocycles. The summed E-state index contributed by atoms with van der Waals surface area (Å²) >= 11 is 0. The van der Waals surface area contributed by atoms with Gasteiger partial charge in [-0.3, -0.25) is 4.99 Å². The van der Waals surface area contributed by atoms with Crippen molar-refractivity contribution in [3.05, 3.63) is 174 Å². The van der Waals surface area contributed by atoms with Gasteiger partial charge >= 0.3 is 0 Å². The number of aromatic nitrogens is 2. The van der Waals surface area contributed by atoms with E-state index in [0.29, 0.717) is 6.54 Å². The Morgan fingerprint density at radius 2 is 1.03 bits per heavy atom. The van der Waals surface area contributed by atoms with E-state index >= 15 is 0 Å². The van der Waals surface area contributed by atoms with Crippen molar-refractivity contribution in [3.63, 3.8) is 0 Å². The standard InChI is InChI=1S/C34H27N3/c1-5-15-27(16-6-1)25-35-26-32-31-23-13-14-24-33(31)37(36-32)34(28-17-7-2-8-18-28,29-19-9-3-10-20-29)30-21-11-4-12-22-30/h1-24,26H,25H2. The predicted molar refractivity (Wildman–Crippen MR) is 152 cm³/mol. The maximum Gasteiger partial charge on any atom is 0.138 e. The van der Waals surface area contributed by atoms with Gasteiger partial charge < -0.3 is 0 Å². The van der Waals surface area contributed by atoms with Crippen LogP contribution in [0.4, 0.5) is 0 Å². The average Bonchev–Trinajstić information content (AvgIpc) is 3.35. The molecule has 0 radical (unpaired) electrons. The first-order valence-corrected chi connectivity index (χ1v) is 12.6. The molecule has 0 unspecified atom stereocenters. The van der Waals surface area contributed by atoms with Crippen LogP contribution < -0.4 is 0 Å². The van der Waals surface area contributed by atoms with Crippen molar-refractivity contribution < 1.29 is 0 Å². The zero-order chi connectivity index (χ0) is 24.9. The summed E-state index contributed by atoms with van der Waals surface area (Å²) in [7, 11) is 0. The van der Waals surface area contributed by atoms with Gasteiger partial charge in [0.05, 0.1) is 12.1 Å². The SMILES string of the molecule is C(=NCc1ccccc1)c1nn(C(c2ccccc2)(c2ccccc2)c2ccccc2)c2ccccc12. The Morgan fingerprint density at radius 1 is 0.568 bits per heavy atom. The Balaban J connectivity index is 1.62. The molecule has 6 rings (SSSR count). The lowest BCUT2D eigenvalue weighted by molar-refractivity contribution is 0.475. The van der Waals surface area contributed by atoms with E-state index in [1.807, 2.05) is 24.4 Å². The van der Waals surface area contributed by atoms with E-state index < -0.39 is 5.54 Å². The van der Waals surface area contributed by atoms with Gasteiger partial charge in [0.15, 0.2) is 0 Å². The van der Waals surface area contributed by atoms with Gasteiger partial charge in [-0.1, -0.05) is 140 Å². The van der Waals surface area contributed by atoms with E-state index in [4.69, 9.17) is 10.1 Å². The number of hydrogen-bond donors (Lipinski definition) is 0. The molecule has 0 N–H and O–H groups in total. The fourth-order valence-corrected chi connectivity index (χ4v) is 5.17. The maximum absolute atomic E-state index is 5.29. The van der Waals surface area contributed by atoms with Crippen LogP contribution in [0.25, 0.3) is 10.9 Å². The fourth-order valence-electron chi connectivity index (χ4n) is 5.17. The van der Waals surface area contributed by atoms with Crippen LogP contribution in [0.3, 0.4) is 0 Å². The molecule has 0 amide bonds. The highest BCUT2D eigenvalue weighted by Gasteiger charge is 2.40. The van der Waals surface area contributed by atoms with Gasteiger partial charge in [-0.25, -0.2) is 4.68 Å². The highest BCUT2D eigenvalue weighted by Crippen LogP contribution is 2.42. The minimum Gasteiger partial charge on any atom is -0.286 e. The number of rotatable bonds is 7. The molecule has 0 spiro atoms. The molecule has 0 saturated carbocycles. The Morgan fingerprint density at radius 3 is 1.57 bits per heavy atom. The summed E-state index contributed by atoms with van der Waals surface area (Å²) in [5.74, 6) is 0. The second-order valence-electron chi connectivity index (χ2n) is 9.08. The molecule has 0 aliphatic carbocycles. The number of fused-ring (bicyclic) bond motifs is 1. The molecule has 3 heteroatoms. The minimum atomic E-state index is -0.672. The van der Waals surface area contributed by atoms with Gasteiger partial charge in [0, 0.05) is 11.6 Å². The first-order chi connectivity index (χ1) is 18.4. The summed E-state index contributed by atoms with van der Waals surface area (Å²) in [4.78, 5) is 4.77. The number of aliphatic imine (C=N–C) groups is 1. The summed E-state index contributed by atoms with van der Waals surface area (Å²) in [5.41, 5.74) is 5.86. The average molecular weight is 478 g/mol. The lowest BCUT2D eigenvalue weighted by Crippen LogP contribution is -2.38. The van der Waals surface area contributed by atoms with E-state index in [0.717, 1.165) is 33.3 Å². The first kappa shape index (κ1) is 22.7. The molecule has 1 heterocycles. The second kappa shape index (κ2) is 10.1. The van der Waals surface area contributed by atoms with Gasteiger partial charge in [0.1, 0.15) is 11.2 Å². The third kappa shape index (κ3) is 4.15. The van der Waals surface area contributed by atoms with Crippen molar-refractivity contribution in [1.82, 2.24) is 9.78 Å². The Labute approximate surface area is 217 Å². The van der Waals surface area contributed by atoms with Crippen molar-refractivity contribution in [2.75, 3.05) is 0 Å². The number of benzene rings is 5. The van der Waals surface area contributed by atoms with Crippen LogP contribution in [0, 0.1) is 0 Å². The monoisotopic (exact) mass is 477 g/mol. The molecule has 0 aliphatic rings. The molecular weight excluding hydrogens is 450 g/mol. The highest BCUT2D eigenvalue weighted by atomic mass is 15.3. The summed E-state index contributed by atoms with van der Waals surface area (Å²) in [6.45, 7) is 0.614. The second-order valence-corrected chi connectivity index (χ2v) is 9.08. The Hall–Kier alpha value is -4.76. The van der Waals surface area contributed by atoms with E-state index in [1.54, 1.807) is 0 Å². The lowest BCUT2D eigenvalue weighted by atomic mass is 9.77. The maximum atomic E-state index is 5.29. The molecule has 1 aromatic heterocycles. The van der Waals surface area contributed by atoms with Gasteiger partial charge in [-0.05, 0) is 28.3 Å². The largest absolute Gasteiger partial charge is 0.286 e. The topological polar surface area (TPSA) is 30.2 Å². The van der Waals surface area contributed by atoms with Gasteiger partial charge in [0.25, 0.3) is 0 Å². The van der Waals surface area contributed by atoms with Crippen LogP contribution in [0.1, 0.15) is 27.9 Å². The molecule has 0 saturated heterocycles. The third-order valence-electron chi connectivity index (χ3n) is 6.84. The molecule has 3 nitrogen and oxygen atoms in total. The zero-order valence-electron chi connectivity index (χ0n) is 20.5. The summed E-state index contributed by atoms with van der Waals surface area (Å²) < 4.78 is 2.19. The van der Waals surface area contributed by atoms with Gasteiger partial charge in [-0.15, -0.1) is 0 Å². The van der Waals surface area contributed by atoms with E-state index in [-0.39, 0.29) is 0 Å². The van der Waals surface area contributed by atoms with Crippen molar-refractivity contribution in [2.45, 2.75) is 12.1 Å².